The molecule has 0 saturated carbocycles. The summed E-state index contributed by atoms with van der Waals surface area (Å²) in [5, 5.41) is 0. The number of fused-ring (bicyclic) bond motifs is 2. The average Bonchev–Trinajstić information content (AvgIpc) is 3.59. The van der Waals surface area contributed by atoms with Crippen molar-refractivity contribution in [2.24, 2.45) is 0 Å². The number of pyridine rings is 2. The fraction of sp³-hybridized carbons (Fsp3) is 0. The topological polar surface area (TPSA) is 8.82 Å². The standard InChI is InChI=1S/C34H24N2/c1-3-9-25(10-4-1)29-21-31-13-7-15-33(35(31)23-29)27-17-19-28(20-18-27)34-16-8-14-32-22-30(24-36(32)34)26-11-5-2-6-12-26/h1-24H. The Bertz CT molecular complexity index is 1670. The molecule has 0 unspecified atom stereocenters. The van der Waals surface area contributed by atoms with Gasteiger partial charge in [-0.2, -0.15) is 0 Å². The zero-order valence-corrected chi connectivity index (χ0v) is 19.8. The molecule has 36 heavy (non-hydrogen) atoms. The van der Waals surface area contributed by atoms with Crippen molar-refractivity contribution in [3.63, 3.8) is 0 Å². The summed E-state index contributed by atoms with van der Waals surface area (Å²) in [4.78, 5) is 0. The number of hydrogen-bond donors (Lipinski definition) is 0. The van der Waals surface area contributed by atoms with Crippen LogP contribution in [0.2, 0.25) is 0 Å². The van der Waals surface area contributed by atoms with Crippen LogP contribution in [0.3, 0.4) is 0 Å². The van der Waals surface area contributed by atoms with E-state index in [2.05, 4.69) is 155 Å². The molecule has 4 heterocycles. The van der Waals surface area contributed by atoms with Crippen molar-refractivity contribution in [3.8, 4) is 44.8 Å². The van der Waals surface area contributed by atoms with E-state index in [0.29, 0.717) is 0 Å². The molecule has 0 aliphatic carbocycles. The SMILES string of the molecule is c1ccc(-c2cc3cccc(-c4ccc(-c5cccc6cc(-c7ccccc7)cn56)cc4)n3c2)cc1. The second-order valence-electron chi connectivity index (χ2n) is 9.18. The number of hydrogen-bond acceptors (Lipinski definition) is 0. The Morgan fingerprint density at radius 3 is 1.14 bits per heavy atom. The first kappa shape index (κ1) is 20.5. The molecule has 0 spiro atoms. The van der Waals surface area contributed by atoms with Crippen molar-refractivity contribution in [1.82, 2.24) is 8.80 Å². The van der Waals surface area contributed by atoms with Gasteiger partial charge in [-0.3, -0.25) is 0 Å². The highest BCUT2D eigenvalue weighted by molar-refractivity contribution is 5.77. The molecule has 3 aromatic carbocycles. The second-order valence-corrected chi connectivity index (χ2v) is 9.18. The molecule has 0 amide bonds. The lowest BCUT2D eigenvalue weighted by Gasteiger charge is -2.10. The Labute approximate surface area is 210 Å². The lowest BCUT2D eigenvalue weighted by Crippen LogP contribution is -1.92. The Morgan fingerprint density at radius 2 is 0.722 bits per heavy atom. The predicted molar refractivity (Wildman–Crippen MR) is 150 cm³/mol. The quantitative estimate of drug-likeness (QED) is 0.248. The van der Waals surface area contributed by atoms with Crippen LogP contribution in [0.5, 0.6) is 0 Å². The first-order chi connectivity index (χ1) is 17.8. The molecule has 4 aromatic heterocycles. The van der Waals surface area contributed by atoms with Gasteiger partial charge in [-0.1, -0.05) is 97.1 Å². The maximum atomic E-state index is 2.29. The molecule has 7 rings (SSSR count). The Balaban J connectivity index is 1.28. The van der Waals surface area contributed by atoms with E-state index < -0.39 is 0 Å². The number of rotatable bonds is 4. The van der Waals surface area contributed by atoms with Crippen LogP contribution in [-0.2, 0) is 0 Å². The van der Waals surface area contributed by atoms with Gasteiger partial charge in [0.2, 0.25) is 0 Å². The minimum absolute atomic E-state index is 1.19. The third-order valence-corrected chi connectivity index (χ3v) is 6.95. The Hall–Kier alpha value is -4.82. The van der Waals surface area contributed by atoms with Gasteiger partial charge < -0.3 is 8.80 Å². The maximum absolute atomic E-state index is 2.29. The van der Waals surface area contributed by atoms with Crippen LogP contribution in [0, 0.1) is 0 Å². The Kier molecular flexibility index (Phi) is 4.82. The van der Waals surface area contributed by atoms with Gasteiger partial charge in [0.25, 0.3) is 0 Å². The van der Waals surface area contributed by atoms with E-state index in [1.807, 2.05) is 0 Å². The fourth-order valence-electron chi connectivity index (χ4n) is 5.13. The largest absolute Gasteiger partial charge is 0.316 e. The molecule has 0 atom stereocenters. The molecule has 0 aliphatic heterocycles. The van der Waals surface area contributed by atoms with E-state index in [9.17, 15) is 0 Å². The summed E-state index contributed by atoms with van der Waals surface area (Å²) in [6, 6.07) is 47.5. The summed E-state index contributed by atoms with van der Waals surface area (Å²) in [5.74, 6) is 0. The highest BCUT2D eigenvalue weighted by atomic mass is 14.9. The molecule has 170 valence electrons. The summed E-state index contributed by atoms with van der Waals surface area (Å²) in [7, 11) is 0. The van der Waals surface area contributed by atoms with Crippen LogP contribution in [0.1, 0.15) is 0 Å². The van der Waals surface area contributed by atoms with Gasteiger partial charge in [0, 0.05) is 34.6 Å². The summed E-state index contributed by atoms with van der Waals surface area (Å²) >= 11 is 0. The van der Waals surface area contributed by atoms with Crippen molar-refractivity contribution in [1.29, 1.82) is 0 Å². The van der Waals surface area contributed by atoms with Gasteiger partial charge in [0.15, 0.2) is 0 Å². The van der Waals surface area contributed by atoms with E-state index in [1.165, 1.54) is 55.8 Å². The third kappa shape index (κ3) is 3.52. The zero-order chi connectivity index (χ0) is 23.9. The van der Waals surface area contributed by atoms with Crippen molar-refractivity contribution in [2.75, 3.05) is 0 Å². The first-order valence-electron chi connectivity index (χ1n) is 12.3. The molecule has 0 aliphatic rings. The van der Waals surface area contributed by atoms with Crippen LogP contribution in [0.4, 0.5) is 0 Å². The van der Waals surface area contributed by atoms with Crippen molar-refractivity contribution in [3.05, 3.63) is 146 Å². The van der Waals surface area contributed by atoms with Crippen LogP contribution in [0.15, 0.2) is 146 Å². The minimum atomic E-state index is 1.19. The van der Waals surface area contributed by atoms with Gasteiger partial charge in [0.05, 0.1) is 11.4 Å². The van der Waals surface area contributed by atoms with E-state index in [1.54, 1.807) is 0 Å². The van der Waals surface area contributed by atoms with Crippen molar-refractivity contribution in [2.45, 2.75) is 0 Å². The van der Waals surface area contributed by atoms with E-state index in [-0.39, 0.29) is 0 Å². The summed E-state index contributed by atoms with van der Waals surface area (Å²) in [5.41, 5.74) is 12.1. The zero-order valence-electron chi connectivity index (χ0n) is 19.8. The van der Waals surface area contributed by atoms with Crippen LogP contribution in [0.25, 0.3) is 55.8 Å². The summed E-state index contributed by atoms with van der Waals surface area (Å²) in [6.07, 6.45) is 4.47. The molecule has 0 radical (unpaired) electrons. The molecule has 0 fully saturated rings. The normalized spacial score (nSPS) is 11.3. The summed E-state index contributed by atoms with van der Waals surface area (Å²) in [6.45, 7) is 0. The van der Waals surface area contributed by atoms with Crippen LogP contribution < -0.4 is 0 Å². The van der Waals surface area contributed by atoms with Gasteiger partial charge in [-0.05, 0) is 58.7 Å². The lowest BCUT2D eigenvalue weighted by atomic mass is 10.1. The third-order valence-electron chi connectivity index (χ3n) is 6.95. The van der Waals surface area contributed by atoms with Crippen molar-refractivity contribution < 1.29 is 0 Å². The summed E-state index contributed by atoms with van der Waals surface area (Å²) < 4.78 is 4.58. The lowest BCUT2D eigenvalue weighted by molar-refractivity contribution is 1.20. The van der Waals surface area contributed by atoms with Gasteiger partial charge in [0.1, 0.15) is 0 Å². The molecule has 2 heteroatoms. The predicted octanol–water partition coefficient (Wildman–Crippen LogP) is 8.86. The monoisotopic (exact) mass is 460 g/mol. The minimum Gasteiger partial charge on any atom is -0.316 e. The Morgan fingerprint density at radius 1 is 0.306 bits per heavy atom. The smallest absolute Gasteiger partial charge is 0.0528 e. The maximum Gasteiger partial charge on any atom is 0.0528 e. The van der Waals surface area contributed by atoms with Crippen LogP contribution >= 0.6 is 0 Å². The van der Waals surface area contributed by atoms with Crippen molar-refractivity contribution >= 4 is 11.0 Å². The molecular weight excluding hydrogens is 436 g/mol. The van der Waals surface area contributed by atoms with Gasteiger partial charge in [-0.25, -0.2) is 0 Å². The molecule has 0 saturated heterocycles. The molecule has 2 nitrogen and oxygen atoms in total. The molecule has 0 N–H and O–H groups in total. The van der Waals surface area contributed by atoms with Crippen LogP contribution in [-0.4, -0.2) is 8.80 Å². The van der Waals surface area contributed by atoms with E-state index >= 15 is 0 Å². The van der Waals surface area contributed by atoms with Gasteiger partial charge in [-0.15, -0.1) is 0 Å². The van der Waals surface area contributed by atoms with E-state index in [4.69, 9.17) is 0 Å². The van der Waals surface area contributed by atoms with E-state index in [0.717, 1.165) is 0 Å². The number of nitrogens with zero attached hydrogens (tertiary/aromatic N) is 2. The average molecular weight is 461 g/mol. The number of aromatic nitrogens is 2. The first-order valence-corrected chi connectivity index (χ1v) is 12.3. The molecule has 0 bridgehead atoms. The highest BCUT2D eigenvalue weighted by Crippen LogP contribution is 2.31. The highest BCUT2D eigenvalue weighted by Gasteiger charge is 2.10. The molecular formula is C34H24N2. The number of benzene rings is 3. The second kappa shape index (κ2) is 8.44. The fourth-order valence-corrected chi connectivity index (χ4v) is 5.13. The molecule has 7 aromatic rings. The van der Waals surface area contributed by atoms with Gasteiger partial charge >= 0.3 is 0 Å².